The minimum absolute atomic E-state index is 0.403. The van der Waals surface area contributed by atoms with Crippen LogP contribution in [0.3, 0.4) is 0 Å². The summed E-state index contributed by atoms with van der Waals surface area (Å²) in [6, 6.07) is 8.46. The Hall–Kier alpha value is -2.06. The molecule has 0 unspecified atom stereocenters. The van der Waals surface area contributed by atoms with Crippen molar-refractivity contribution in [3.05, 3.63) is 29.8 Å². The van der Waals surface area contributed by atoms with Crippen LogP contribution in [0.2, 0.25) is 0 Å². The number of carbonyl (C=O) groups is 1. The van der Waals surface area contributed by atoms with Crippen molar-refractivity contribution >= 4 is 5.91 Å². The van der Waals surface area contributed by atoms with E-state index in [4.69, 9.17) is 15.8 Å². The molecule has 0 fully saturated rings. The van der Waals surface area contributed by atoms with E-state index in [2.05, 4.69) is 0 Å². The number of nitriles is 1. The lowest BCUT2D eigenvalue weighted by molar-refractivity contribution is -0.127. The average molecular weight is 205 g/mol. The molecule has 5 nitrogen and oxygen atoms in total. The maximum absolute atomic E-state index is 11.0. The molecule has 0 aliphatic heterocycles. The van der Waals surface area contributed by atoms with E-state index in [-0.39, 0.29) is 0 Å². The van der Waals surface area contributed by atoms with E-state index in [0.717, 1.165) is 0 Å². The first-order valence-corrected chi connectivity index (χ1v) is 4.34. The molecular formula is C10H11N3O2. The predicted molar refractivity (Wildman–Crippen MR) is 53.6 cm³/mol. The number of benzene rings is 1. The zero-order valence-electron chi connectivity index (χ0n) is 8.23. The number of ether oxygens (including phenoxy) is 1. The van der Waals surface area contributed by atoms with Gasteiger partial charge in [-0.1, -0.05) is 0 Å². The normalized spacial score (nSPS) is 11.3. The number of hydrogen-bond acceptors (Lipinski definition) is 4. The molecule has 3 N–H and O–H groups in total. The van der Waals surface area contributed by atoms with Gasteiger partial charge in [0.15, 0.2) is 6.10 Å². The lowest BCUT2D eigenvalue weighted by Gasteiger charge is -2.12. The smallest absolute Gasteiger partial charge is 0.274 e. The third-order valence-electron chi connectivity index (χ3n) is 1.81. The Morgan fingerprint density at radius 3 is 2.60 bits per heavy atom. The Balaban J connectivity index is 2.66. The van der Waals surface area contributed by atoms with Gasteiger partial charge >= 0.3 is 0 Å². The monoisotopic (exact) mass is 205 g/mol. The van der Waals surface area contributed by atoms with E-state index in [9.17, 15) is 4.79 Å². The number of hydrogen-bond donors (Lipinski definition) is 2. The molecule has 15 heavy (non-hydrogen) atoms. The summed E-state index contributed by atoms with van der Waals surface area (Å²) in [4.78, 5) is 11.0. The lowest BCUT2D eigenvalue weighted by atomic mass is 10.2. The fourth-order valence-electron chi connectivity index (χ4n) is 0.983. The van der Waals surface area contributed by atoms with Gasteiger partial charge in [0.2, 0.25) is 0 Å². The number of nitrogens with zero attached hydrogens (tertiary/aromatic N) is 1. The van der Waals surface area contributed by atoms with E-state index in [1.54, 1.807) is 31.2 Å². The molecule has 0 radical (unpaired) electrons. The van der Waals surface area contributed by atoms with Gasteiger partial charge in [0.25, 0.3) is 5.91 Å². The molecule has 1 rings (SSSR count). The van der Waals surface area contributed by atoms with Crippen molar-refractivity contribution in [1.29, 1.82) is 5.26 Å². The summed E-state index contributed by atoms with van der Waals surface area (Å²) in [5, 5.41) is 8.57. The fraction of sp³-hybridized carbons (Fsp3) is 0.200. The van der Waals surface area contributed by atoms with Gasteiger partial charge < -0.3 is 4.74 Å². The first-order valence-electron chi connectivity index (χ1n) is 4.34. The van der Waals surface area contributed by atoms with E-state index in [1.807, 2.05) is 11.5 Å². The van der Waals surface area contributed by atoms with E-state index < -0.39 is 12.0 Å². The van der Waals surface area contributed by atoms with Gasteiger partial charge in [-0.15, -0.1) is 0 Å². The van der Waals surface area contributed by atoms with Gasteiger partial charge in [-0.2, -0.15) is 5.26 Å². The highest BCUT2D eigenvalue weighted by atomic mass is 16.5. The molecule has 0 saturated carbocycles. The largest absolute Gasteiger partial charge is 0.481 e. The molecule has 5 heteroatoms. The van der Waals surface area contributed by atoms with E-state index in [0.29, 0.717) is 11.3 Å². The summed E-state index contributed by atoms with van der Waals surface area (Å²) in [5.41, 5.74) is 2.53. The topological polar surface area (TPSA) is 88.1 Å². The van der Waals surface area contributed by atoms with Crippen LogP contribution < -0.4 is 16.0 Å². The molecule has 0 spiro atoms. The highest BCUT2D eigenvalue weighted by molar-refractivity contribution is 5.80. The summed E-state index contributed by atoms with van der Waals surface area (Å²) >= 11 is 0. The van der Waals surface area contributed by atoms with Crippen LogP contribution in [0.5, 0.6) is 5.75 Å². The molecule has 78 valence electrons. The van der Waals surface area contributed by atoms with Crippen LogP contribution in [-0.2, 0) is 4.79 Å². The zero-order valence-corrected chi connectivity index (χ0v) is 8.23. The van der Waals surface area contributed by atoms with Gasteiger partial charge in [0.1, 0.15) is 5.75 Å². The predicted octanol–water partition coefficient (Wildman–Crippen LogP) is 0.315. The van der Waals surface area contributed by atoms with Gasteiger partial charge in [-0.05, 0) is 31.2 Å². The summed E-state index contributed by atoms with van der Waals surface area (Å²) in [6.45, 7) is 1.58. The molecule has 0 saturated heterocycles. The highest BCUT2D eigenvalue weighted by Gasteiger charge is 2.12. The zero-order chi connectivity index (χ0) is 11.3. The van der Waals surface area contributed by atoms with Crippen LogP contribution in [0, 0.1) is 11.3 Å². The second-order valence-corrected chi connectivity index (χ2v) is 2.90. The summed E-state index contributed by atoms with van der Waals surface area (Å²) in [6.07, 6.45) is -0.664. The van der Waals surface area contributed by atoms with Crippen LogP contribution in [-0.4, -0.2) is 12.0 Å². The minimum atomic E-state index is -0.664. The minimum Gasteiger partial charge on any atom is -0.481 e. The molecule has 1 aromatic carbocycles. The molecule has 0 bridgehead atoms. The summed E-state index contributed by atoms with van der Waals surface area (Å²) < 4.78 is 5.27. The fourth-order valence-corrected chi connectivity index (χ4v) is 0.983. The maximum atomic E-state index is 11.0. The second-order valence-electron chi connectivity index (χ2n) is 2.90. The van der Waals surface area contributed by atoms with Crippen molar-refractivity contribution in [3.8, 4) is 11.8 Å². The quantitative estimate of drug-likeness (QED) is 0.422. The Labute approximate surface area is 87.4 Å². The maximum Gasteiger partial charge on any atom is 0.274 e. The van der Waals surface area contributed by atoms with E-state index >= 15 is 0 Å². The first-order chi connectivity index (χ1) is 7.17. The van der Waals surface area contributed by atoms with Crippen LogP contribution >= 0.6 is 0 Å². The van der Waals surface area contributed by atoms with Crippen molar-refractivity contribution in [2.45, 2.75) is 13.0 Å². The molecule has 0 aliphatic rings. The third-order valence-corrected chi connectivity index (χ3v) is 1.81. The van der Waals surface area contributed by atoms with Crippen LogP contribution in [0.15, 0.2) is 24.3 Å². The van der Waals surface area contributed by atoms with Crippen LogP contribution in [0.1, 0.15) is 12.5 Å². The second kappa shape index (κ2) is 4.98. The van der Waals surface area contributed by atoms with Crippen molar-refractivity contribution in [2.24, 2.45) is 5.84 Å². The molecule has 1 aromatic rings. The highest BCUT2D eigenvalue weighted by Crippen LogP contribution is 2.13. The van der Waals surface area contributed by atoms with Crippen molar-refractivity contribution in [2.75, 3.05) is 0 Å². The Morgan fingerprint density at radius 1 is 1.53 bits per heavy atom. The average Bonchev–Trinajstić information content (AvgIpc) is 2.29. The van der Waals surface area contributed by atoms with Gasteiger partial charge in [-0.25, -0.2) is 5.84 Å². The number of hydrazine groups is 1. The van der Waals surface area contributed by atoms with Gasteiger partial charge in [-0.3, -0.25) is 10.2 Å². The number of rotatable bonds is 3. The standard InChI is InChI=1S/C10H11N3O2/c1-7(10(14)13-12)15-9-4-2-8(6-11)3-5-9/h2-5,7H,12H2,1H3,(H,13,14)/t7-/m0/s1. The Kier molecular flexibility index (Phi) is 3.66. The van der Waals surface area contributed by atoms with Gasteiger partial charge in [0.05, 0.1) is 11.6 Å². The Bertz CT molecular complexity index is 381. The number of nitrogens with two attached hydrogens (primary N) is 1. The molecular weight excluding hydrogens is 194 g/mol. The number of nitrogens with one attached hydrogen (secondary N) is 1. The SMILES string of the molecule is C[C@H](Oc1ccc(C#N)cc1)C(=O)NN. The molecule has 0 aliphatic carbocycles. The van der Waals surface area contributed by atoms with Gasteiger partial charge in [0, 0.05) is 0 Å². The third kappa shape index (κ3) is 2.97. The van der Waals surface area contributed by atoms with Crippen molar-refractivity contribution in [1.82, 2.24) is 5.43 Å². The van der Waals surface area contributed by atoms with Crippen LogP contribution in [0.25, 0.3) is 0 Å². The number of amides is 1. The molecule has 1 atom stereocenters. The summed E-state index contributed by atoms with van der Waals surface area (Å²) in [7, 11) is 0. The molecule has 0 heterocycles. The van der Waals surface area contributed by atoms with Crippen LogP contribution in [0.4, 0.5) is 0 Å². The Morgan fingerprint density at radius 2 is 2.13 bits per heavy atom. The summed E-state index contributed by atoms with van der Waals surface area (Å²) in [5.74, 6) is 5.06. The first kappa shape index (κ1) is 11.0. The van der Waals surface area contributed by atoms with E-state index in [1.165, 1.54) is 0 Å². The van der Waals surface area contributed by atoms with Crippen molar-refractivity contribution < 1.29 is 9.53 Å². The number of carbonyl (C=O) groups excluding carboxylic acids is 1. The molecule has 0 aromatic heterocycles. The van der Waals surface area contributed by atoms with Crippen molar-refractivity contribution in [3.63, 3.8) is 0 Å². The molecule has 1 amide bonds. The lowest BCUT2D eigenvalue weighted by Crippen LogP contribution is -2.40.